The Balaban J connectivity index is 1.54. The topological polar surface area (TPSA) is 111 Å². The van der Waals surface area contributed by atoms with Gasteiger partial charge in [0.05, 0.1) is 21.6 Å². The van der Waals surface area contributed by atoms with Crippen molar-refractivity contribution in [3.63, 3.8) is 0 Å². The Morgan fingerprint density at radius 2 is 2.00 bits per heavy atom. The number of nitrogens with one attached hydrogen (secondary N) is 1. The van der Waals surface area contributed by atoms with Crippen molar-refractivity contribution in [3.05, 3.63) is 32.7 Å². The lowest BCUT2D eigenvalue weighted by molar-refractivity contribution is 0.530. The Hall–Kier alpha value is -2.62. The number of aryl methyl sites for hydroxylation is 1. The first-order valence-electron chi connectivity index (χ1n) is 10.1. The fourth-order valence-corrected chi connectivity index (χ4v) is 5.80. The third-order valence-corrected chi connectivity index (χ3v) is 7.65. The van der Waals surface area contributed by atoms with E-state index in [0.717, 1.165) is 19.4 Å². The summed E-state index contributed by atoms with van der Waals surface area (Å²) in [5, 5.41) is 13.5. The van der Waals surface area contributed by atoms with Gasteiger partial charge in [-0.1, -0.05) is 23.2 Å². The van der Waals surface area contributed by atoms with Crippen molar-refractivity contribution in [2.45, 2.75) is 24.9 Å². The standard InChI is InChI=1S/C20H20Cl2N8O/c1-28-19(31)13-16(9-4-5-10-12(14(9)21)17(22)29(2)27-10)25-26-18(13)24-20(28)30-7-8-3-6-11(30)15(8)23/h4-5,8,11,15H,3,6-7,23H2,1-2H3,(H,25,26)/t8-,11-,15-/m0/s1. The first kappa shape index (κ1) is 19.1. The highest BCUT2D eigenvalue weighted by atomic mass is 35.5. The first-order chi connectivity index (χ1) is 14.9. The molecule has 1 saturated heterocycles. The van der Waals surface area contributed by atoms with Gasteiger partial charge < -0.3 is 10.6 Å². The number of aromatic nitrogens is 6. The number of nitrogens with zero attached hydrogens (tertiary/aromatic N) is 6. The summed E-state index contributed by atoms with van der Waals surface area (Å²) in [6.07, 6.45) is 2.15. The molecule has 0 amide bonds. The third-order valence-electron chi connectivity index (χ3n) is 6.82. The molecule has 4 aromatic rings. The molecule has 160 valence electrons. The highest BCUT2D eigenvalue weighted by Gasteiger charge is 2.46. The van der Waals surface area contributed by atoms with Crippen LogP contribution in [0.25, 0.3) is 33.2 Å². The van der Waals surface area contributed by atoms with Gasteiger partial charge in [0.2, 0.25) is 5.95 Å². The zero-order valence-corrected chi connectivity index (χ0v) is 18.4. The molecule has 4 heterocycles. The van der Waals surface area contributed by atoms with E-state index < -0.39 is 0 Å². The number of H-pyrrole nitrogens is 1. The molecule has 0 radical (unpaired) electrons. The van der Waals surface area contributed by atoms with Crippen LogP contribution in [0.2, 0.25) is 10.2 Å². The largest absolute Gasteiger partial charge is 0.337 e. The minimum Gasteiger partial charge on any atom is -0.337 e. The summed E-state index contributed by atoms with van der Waals surface area (Å²) in [5.74, 6) is 1.05. The second kappa shape index (κ2) is 6.44. The van der Waals surface area contributed by atoms with E-state index in [1.54, 1.807) is 23.3 Å². The average molecular weight is 459 g/mol. The van der Waals surface area contributed by atoms with E-state index in [4.69, 9.17) is 33.9 Å². The number of aromatic amines is 1. The Morgan fingerprint density at radius 1 is 1.19 bits per heavy atom. The second-order valence-corrected chi connectivity index (χ2v) is 9.18. The molecule has 2 bridgehead atoms. The van der Waals surface area contributed by atoms with Crippen LogP contribution in [0, 0.1) is 5.92 Å². The van der Waals surface area contributed by atoms with E-state index in [2.05, 4.69) is 20.2 Å². The van der Waals surface area contributed by atoms with Gasteiger partial charge in [-0.3, -0.25) is 19.1 Å². The van der Waals surface area contributed by atoms with Gasteiger partial charge in [0, 0.05) is 38.3 Å². The fraction of sp³-hybridized carbons (Fsp3) is 0.400. The molecule has 0 unspecified atom stereocenters. The third kappa shape index (κ3) is 2.48. The van der Waals surface area contributed by atoms with Crippen LogP contribution in [-0.2, 0) is 14.1 Å². The van der Waals surface area contributed by atoms with E-state index in [0.29, 0.717) is 55.2 Å². The maximum atomic E-state index is 13.4. The Labute approximate surface area is 186 Å². The van der Waals surface area contributed by atoms with Gasteiger partial charge >= 0.3 is 0 Å². The van der Waals surface area contributed by atoms with Gasteiger partial charge in [0.15, 0.2) is 5.65 Å². The summed E-state index contributed by atoms with van der Waals surface area (Å²) in [6.45, 7) is 0.816. The van der Waals surface area contributed by atoms with Crippen molar-refractivity contribution in [3.8, 4) is 11.3 Å². The highest BCUT2D eigenvalue weighted by molar-refractivity contribution is 6.43. The number of fused-ring (bicyclic) bond motifs is 4. The van der Waals surface area contributed by atoms with E-state index in [1.165, 1.54) is 0 Å². The molecule has 9 nitrogen and oxygen atoms in total. The van der Waals surface area contributed by atoms with Crippen molar-refractivity contribution in [1.82, 2.24) is 29.5 Å². The van der Waals surface area contributed by atoms with Crippen LogP contribution < -0.4 is 16.2 Å². The molecule has 11 heteroatoms. The minimum atomic E-state index is -0.187. The van der Waals surface area contributed by atoms with Crippen molar-refractivity contribution in [1.29, 1.82) is 0 Å². The number of benzene rings is 1. The lowest BCUT2D eigenvalue weighted by Gasteiger charge is -2.29. The minimum absolute atomic E-state index is 0.122. The molecule has 1 aromatic carbocycles. The lowest BCUT2D eigenvalue weighted by atomic mass is 10.1. The van der Waals surface area contributed by atoms with Crippen LogP contribution >= 0.6 is 23.2 Å². The smallest absolute Gasteiger partial charge is 0.266 e. The Bertz CT molecular complexity index is 1440. The summed E-state index contributed by atoms with van der Waals surface area (Å²) in [4.78, 5) is 20.3. The molecule has 3 atom stereocenters. The summed E-state index contributed by atoms with van der Waals surface area (Å²) in [6, 6.07) is 3.97. The zero-order valence-electron chi connectivity index (χ0n) is 16.9. The number of nitrogens with two attached hydrogens (primary N) is 1. The molecule has 6 rings (SSSR count). The summed E-state index contributed by atoms with van der Waals surface area (Å²) < 4.78 is 3.15. The lowest BCUT2D eigenvalue weighted by Crippen LogP contribution is -2.40. The van der Waals surface area contributed by atoms with Gasteiger partial charge in [-0.25, -0.2) is 0 Å². The summed E-state index contributed by atoms with van der Waals surface area (Å²) >= 11 is 13.1. The molecule has 3 aromatic heterocycles. The predicted molar refractivity (Wildman–Crippen MR) is 121 cm³/mol. The van der Waals surface area contributed by atoms with Crippen molar-refractivity contribution >= 4 is 51.1 Å². The second-order valence-electron chi connectivity index (χ2n) is 8.44. The van der Waals surface area contributed by atoms with E-state index in [9.17, 15) is 4.79 Å². The highest BCUT2D eigenvalue weighted by Crippen LogP contribution is 2.40. The normalized spacial score (nSPS) is 23.0. The molecular weight excluding hydrogens is 439 g/mol. The summed E-state index contributed by atoms with van der Waals surface area (Å²) in [5.41, 5.74) is 8.35. The van der Waals surface area contributed by atoms with Gasteiger partial charge in [-0.2, -0.15) is 15.2 Å². The molecule has 2 fully saturated rings. The SMILES string of the molecule is Cn1nc2ccc(-c3[nH]nc4nc(N5C[C@@H]6CC[C@H]5[C@H]6N)n(C)c(=O)c34)c(Cl)c2c1Cl. The molecular formula is C20H20Cl2N8O. The molecule has 1 aliphatic carbocycles. The number of piperidine rings is 1. The van der Waals surface area contributed by atoms with Crippen molar-refractivity contribution < 1.29 is 0 Å². The van der Waals surface area contributed by atoms with Gasteiger partial charge in [-0.05, 0) is 30.9 Å². The Kier molecular flexibility index (Phi) is 3.97. The van der Waals surface area contributed by atoms with E-state index >= 15 is 0 Å². The quantitative estimate of drug-likeness (QED) is 0.477. The maximum absolute atomic E-state index is 13.4. The molecule has 0 spiro atoms. The number of anilines is 1. The first-order valence-corrected chi connectivity index (χ1v) is 10.9. The Morgan fingerprint density at radius 3 is 2.71 bits per heavy atom. The number of rotatable bonds is 2. The molecule has 2 aliphatic rings. The van der Waals surface area contributed by atoms with E-state index in [-0.39, 0.29) is 17.6 Å². The van der Waals surface area contributed by atoms with Crippen LogP contribution in [0.1, 0.15) is 12.8 Å². The van der Waals surface area contributed by atoms with Crippen LogP contribution in [-0.4, -0.2) is 48.2 Å². The van der Waals surface area contributed by atoms with E-state index in [1.807, 2.05) is 12.1 Å². The van der Waals surface area contributed by atoms with Crippen molar-refractivity contribution in [2.75, 3.05) is 11.4 Å². The van der Waals surface area contributed by atoms with Gasteiger partial charge in [0.1, 0.15) is 10.5 Å². The van der Waals surface area contributed by atoms with Crippen LogP contribution in [0.4, 0.5) is 5.95 Å². The monoisotopic (exact) mass is 458 g/mol. The molecule has 1 aliphatic heterocycles. The average Bonchev–Trinajstić information content (AvgIpc) is 3.48. The zero-order chi connectivity index (χ0) is 21.6. The van der Waals surface area contributed by atoms with Crippen LogP contribution in [0.3, 0.4) is 0 Å². The predicted octanol–water partition coefficient (Wildman–Crippen LogP) is 2.44. The van der Waals surface area contributed by atoms with Crippen LogP contribution in [0.15, 0.2) is 16.9 Å². The molecule has 31 heavy (non-hydrogen) atoms. The van der Waals surface area contributed by atoms with Crippen LogP contribution in [0.5, 0.6) is 0 Å². The molecule has 1 saturated carbocycles. The fourth-order valence-electron chi connectivity index (χ4n) is 5.18. The van der Waals surface area contributed by atoms with Gasteiger partial charge in [0.25, 0.3) is 5.56 Å². The maximum Gasteiger partial charge on any atom is 0.266 e. The summed E-state index contributed by atoms with van der Waals surface area (Å²) in [7, 11) is 3.49. The van der Waals surface area contributed by atoms with Gasteiger partial charge in [-0.15, -0.1) is 0 Å². The molecule has 3 N–H and O–H groups in total. The number of hydrogen-bond acceptors (Lipinski definition) is 6. The number of hydrogen-bond donors (Lipinski definition) is 2. The van der Waals surface area contributed by atoms with Crippen molar-refractivity contribution in [2.24, 2.45) is 25.7 Å². The number of halogens is 2.